The number of alkyl carbamates (subject to hydrolysis) is 2. The number of rotatable bonds is 20. The first-order chi connectivity index (χ1) is 32.3. The normalized spacial score (nSPS) is 12.9. The van der Waals surface area contributed by atoms with E-state index in [1.807, 2.05) is 97.1 Å². The lowest BCUT2D eigenvalue weighted by Gasteiger charge is -2.36. The van der Waals surface area contributed by atoms with Gasteiger partial charge in [0.1, 0.15) is 23.0 Å². The molecule has 5 rings (SSSR count). The first-order valence-electron chi connectivity index (χ1n) is 22.3. The van der Waals surface area contributed by atoms with Crippen LogP contribution in [-0.4, -0.2) is 71.5 Å². The van der Waals surface area contributed by atoms with Crippen molar-refractivity contribution in [3.8, 4) is 5.75 Å². The molecule has 15 heteroatoms. The molecule has 0 aliphatic carbocycles. The fraction of sp³-hybridized carbons (Fsp3) is 0.321. The quantitative estimate of drug-likeness (QED) is 0.0469. The van der Waals surface area contributed by atoms with Crippen LogP contribution >= 0.6 is 11.8 Å². The van der Waals surface area contributed by atoms with E-state index < -0.39 is 69.8 Å². The zero-order valence-electron chi connectivity index (χ0n) is 39.3. The number of thioether (sulfide) groups is 1. The molecule has 0 heterocycles. The van der Waals surface area contributed by atoms with E-state index in [1.165, 1.54) is 23.9 Å². The van der Waals surface area contributed by atoms with Crippen LogP contribution in [0.4, 0.5) is 20.1 Å². The Balaban J connectivity index is 1.25. The van der Waals surface area contributed by atoms with Gasteiger partial charge in [0.25, 0.3) is 0 Å². The molecule has 3 atom stereocenters. The van der Waals surface area contributed by atoms with Gasteiger partial charge in [-0.25, -0.2) is 14.4 Å². The SMILES string of the molecule is CC(C)(C)OC(=O)N[C@@H](CCNC(=O)Oc1ccc(C[C@H](NC(=O)OC(C)(C)C)C(=O)Nc2ccccc2)cc1)C(=O)C[C@@H](CSC(c1ccccc1)(c1ccccc1)c1ccccc1)C(N)=O. The Morgan fingerprint density at radius 2 is 1.04 bits per heavy atom. The number of primary amides is 1. The number of carbonyl (C=O) groups is 6. The van der Waals surface area contributed by atoms with Crippen molar-refractivity contribution in [3.63, 3.8) is 0 Å². The largest absolute Gasteiger partial charge is 0.444 e. The lowest BCUT2D eigenvalue weighted by atomic mass is 9.84. The monoisotopic (exact) mass is 943 g/mol. The summed E-state index contributed by atoms with van der Waals surface area (Å²) in [6.07, 6.45) is -2.71. The fourth-order valence-electron chi connectivity index (χ4n) is 7.19. The van der Waals surface area contributed by atoms with Crippen LogP contribution < -0.4 is 31.7 Å². The number of hydrogen-bond donors (Lipinski definition) is 5. The Kier molecular flexibility index (Phi) is 18.3. The molecular formula is C53H61N5O9S. The predicted molar refractivity (Wildman–Crippen MR) is 264 cm³/mol. The van der Waals surface area contributed by atoms with Gasteiger partial charge in [0.05, 0.1) is 16.7 Å². The van der Waals surface area contributed by atoms with Crippen molar-refractivity contribution in [1.82, 2.24) is 16.0 Å². The molecule has 0 saturated heterocycles. The molecule has 0 spiro atoms. The fourth-order valence-corrected chi connectivity index (χ4v) is 8.83. The maximum Gasteiger partial charge on any atom is 0.412 e. The maximum absolute atomic E-state index is 14.1. The van der Waals surface area contributed by atoms with Crippen LogP contribution in [-0.2, 0) is 35.0 Å². The number of ketones is 1. The maximum atomic E-state index is 14.1. The Labute approximate surface area is 402 Å². The molecule has 0 aromatic heterocycles. The van der Waals surface area contributed by atoms with E-state index in [4.69, 9.17) is 19.9 Å². The van der Waals surface area contributed by atoms with Crippen molar-refractivity contribution >= 4 is 53.3 Å². The van der Waals surface area contributed by atoms with Crippen LogP contribution in [0.15, 0.2) is 146 Å². The first-order valence-corrected chi connectivity index (χ1v) is 23.3. The summed E-state index contributed by atoms with van der Waals surface area (Å²) in [5.74, 6) is -2.22. The minimum Gasteiger partial charge on any atom is -0.444 e. The van der Waals surface area contributed by atoms with Crippen molar-refractivity contribution in [3.05, 3.63) is 168 Å². The Bertz CT molecular complexity index is 2350. The van der Waals surface area contributed by atoms with Crippen LogP contribution in [0, 0.1) is 5.92 Å². The zero-order chi connectivity index (χ0) is 49.3. The Morgan fingerprint density at radius 1 is 0.588 bits per heavy atom. The Hall–Kier alpha value is -7.13. The smallest absolute Gasteiger partial charge is 0.412 e. The average Bonchev–Trinajstić information content (AvgIpc) is 3.29. The van der Waals surface area contributed by atoms with E-state index in [0.717, 1.165) is 16.7 Å². The number of carbonyl (C=O) groups excluding carboxylic acids is 6. The Morgan fingerprint density at radius 3 is 1.50 bits per heavy atom. The number of nitrogens with two attached hydrogens (primary N) is 1. The van der Waals surface area contributed by atoms with Crippen LogP contribution in [0.2, 0.25) is 0 Å². The van der Waals surface area contributed by atoms with Gasteiger partial charge in [-0.1, -0.05) is 121 Å². The van der Waals surface area contributed by atoms with E-state index in [0.29, 0.717) is 11.3 Å². The van der Waals surface area contributed by atoms with E-state index in [-0.39, 0.29) is 37.3 Å². The molecule has 0 radical (unpaired) electrons. The third-order valence-electron chi connectivity index (χ3n) is 10.3. The molecule has 358 valence electrons. The predicted octanol–water partition coefficient (Wildman–Crippen LogP) is 8.92. The van der Waals surface area contributed by atoms with Crippen LogP contribution in [0.3, 0.4) is 0 Å². The van der Waals surface area contributed by atoms with Gasteiger partial charge in [-0.05, 0) is 94.5 Å². The minimum absolute atomic E-state index is 0.0657. The van der Waals surface area contributed by atoms with Crippen LogP contribution in [0.1, 0.15) is 76.6 Å². The molecule has 0 bridgehead atoms. The highest BCUT2D eigenvalue weighted by Crippen LogP contribution is 2.49. The summed E-state index contributed by atoms with van der Waals surface area (Å²) < 4.78 is 15.6. The van der Waals surface area contributed by atoms with Gasteiger partial charge >= 0.3 is 18.3 Å². The van der Waals surface area contributed by atoms with E-state index in [9.17, 15) is 28.8 Å². The van der Waals surface area contributed by atoms with Gasteiger partial charge in [-0.2, -0.15) is 0 Å². The van der Waals surface area contributed by atoms with Gasteiger partial charge in [0.15, 0.2) is 5.78 Å². The number of ether oxygens (including phenoxy) is 3. The first kappa shape index (κ1) is 51.8. The molecule has 6 N–H and O–H groups in total. The average molecular weight is 944 g/mol. The summed E-state index contributed by atoms with van der Waals surface area (Å²) in [6.45, 7) is 10.1. The van der Waals surface area contributed by atoms with Crippen LogP contribution in [0.25, 0.3) is 0 Å². The highest BCUT2D eigenvalue weighted by atomic mass is 32.2. The molecule has 0 fully saturated rings. The summed E-state index contributed by atoms with van der Waals surface area (Å²) in [6, 6.07) is 42.8. The van der Waals surface area contributed by atoms with Gasteiger partial charge in [-0.3, -0.25) is 14.4 Å². The summed E-state index contributed by atoms with van der Waals surface area (Å²) in [5, 5.41) is 10.7. The molecule has 68 heavy (non-hydrogen) atoms. The summed E-state index contributed by atoms with van der Waals surface area (Å²) in [5.41, 5.74) is 8.47. The summed E-state index contributed by atoms with van der Waals surface area (Å²) >= 11 is 1.49. The molecule has 0 aliphatic heterocycles. The second kappa shape index (κ2) is 24.1. The number of Topliss-reactive ketones (excluding diaryl/α,β-unsaturated/α-hetero) is 1. The standard InChI is InChI=1S/C53H61N5O9S/c1-51(2,3)66-49(63)57-43(45(59)34-37(46(54)60)35-68-53(38-19-11-7-12-20-38,39-21-13-8-14-22-39)40-23-15-9-16-24-40)31-32-55-48(62)65-42-29-27-36(28-30-42)33-44(58-50(64)67-52(4,5)6)47(61)56-41-25-17-10-18-26-41/h7-30,37,43-44H,31-35H2,1-6H3,(H2,54,60)(H,55,62)(H,56,61)(H,57,63)(H,58,64)/t37-,43-,44-/m0/s1. The highest BCUT2D eigenvalue weighted by Gasteiger charge is 2.39. The molecule has 0 saturated carbocycles. The second-order valence-electron chi connectivity index (χ2n) is 18.1. The van der Waals surface area contributed by atoms with Crippen molar-refractivity contribution < 1.29 is 43.0 Å². The van der Waals surface area contributed by atoms with Crippen molar-refractivity contribution in [2.45, 2.75) is 88.8 Å². The highest BCUT2D eigenvalue weighted by molar-refractivity contribution is 8.00. The number of amides is 5. The third-order valence-corrected chi connectivity index (χ3v) is 12.0. The number of hydrogen-bond acceptors (Lipinski definition) is 10. The molecule has 0 unspecified atom stereocenters. The summed E-state index contributed by atoms with van der Waals surface area (Å²) in [7, 11) is 0. The zero-order valence-corrected chi connectivity index (χ0v) is 40.1. The van der Waals surface area contributed by atoms with Gasteiger partial charge in [0.2, 0.25) is 11.8 Å². The van der Waals surface area contributed by atoms with Crippen molar-refractivity contribution in [2.75, 3.05) is 17.6 Å². The van der Waals surface area contributed by atoms with Crippen molar-refractivity contribution in [2.24, 2.45) is 11.7 Å². The minimum atomic E-state index is -1.17. The topological polar surface area (TPSA) is 204 Å². The molecule has 14 nitrogen and oxygen atoms in total. The number of benzene rings is 5. The van der Waals surface area contributed by atoms with E-state index in [2.05, 4.69) is 21.3 Å². The third kappa shape index (κ3) is 16.0. The number of para-hydroxylation sites is 1. The van der Waals surface area contributed by atoms with Gasteiger partial charge in [0, 0.05) is 30.8 Å². The molecule has 0 aliphatic rings. The van der Waals surface area contributed by atoms with Crippen molar-refractivity contribution in [1.29, 1.82) is 0 Å². The second-order valence-corrected chi connectivity index (χ2v) is 19.3. The summed E-state index contributed by atoms with van der Waals surface area (Å²) in [4.78, 5) is 79.4. The number of anilines is 1. The number of nitrogens with one attached hydrogen (secondary N) is 4. The lowest BCUT2D eigenvalue weighted by molar-refractivity contribution is -0.127. The molecule has 5 aromatic rings. The molecule has 5 aromatic carbocycles. The lowest BCUT2D eigenvalue weighted by Crippen LogP contribution is -2.47. The molecular weight excluding hydrogens is 883 g/mol. The van der Waals surface area contributed by atoms with Crippen LogP contribution in [0.5, 0.6) is 5.75 Å². The van der Waals surface area contributed by atoms with E-state index in [1.54, 1.807) is 77.9 Å². The van der Waals surface area contributed by atoms with Gasteiger partial charge < -0.3 is 41.2 Å². The molecule has 5 amide bonds. The van der Waals surface area contributed by atoms with E-state index >= 15 is 0 Å². The van der Waals surface area contributed by atoms with Gasteiger partial charge in [-0.15, -0.1) is 11.8 Å².